The van der Waals surface area contributed by atoms with E-state index in [-0.39, 0.29) is 5.11 Å². The summed E-state index contributed by atoms with van der Waals surface area (Å²) in [5.74, 6) is 0. The molecule has 0 aliphatic heterocycles. The number of hydrogen-bond acceptors (Lipinski definition) is 2. The zero-order chi connectivity index (χ0) is 8.27. The third-order valence-corrected chi connectivity index (χ3v) is 1.38. The van der Waals surface area contributed by atoms with Crippen LogP contribution in [0.1, 0.15) is 0 Å². The Kier molecular flexibility index (Phi) is 2.22. The largest absolute Gasteiger partial charge is 0.351 e. The standard InChI is InChI=1S/C6H7N3OS/c7-5(10)8-6(11)9-3-1-2-4-9/h1-4H,(H3,7,8,10,11). The minimum atomic E-state index is -0.649. The lowest BCUT2D eigenvalue weighted by Crippen LogP contribution is -2.37. The van der Waals surface area contributed by atoms with Crippen LogP contribution in [0.25, 0.3) is 0 Å². The van der Waals surface area contributed by atoms with Gasteiger partial charge in [0.05, 0.1) is 0 Å². The van der Waals surface area contributed by atoms with Crippen molar-refractivity contribution >= 4 is 23.4 Å². The minimum Gasteiger partial charge on any atom is -0.351 e. The first-order chi connectivity index (χ1) is 5.20. The van der Waals surface area contributed by atoms with Gasteiger partial charge < -0.3 is 10.3 Å². The predicted molar refractivity (Wildman–Crippen MR) is 45.1 cm³/mol. The van der Waals surface area contributed by atoms with Crippen LogP contribution in [0, 0.1) is 0 Å². The molecule has 58 valence electrons. The fraction of sp³-hybridized carbons (Fsp3) is 0. The number of thiocarbonyl (C=S) groups is 1. The quantitative estimate of drug-likeness (QED) is 0.548. The van der Waals surface area contributed by atoms with Crippen LogP contribution in [0.15, 0.2) is 24.5 Å². The molecule has 0 aromatic carbocycles. The maximum absolute atomic E-state index is 10.3. The fourth-order valence-corrected chi connectivity index (χ4v) is 0.862. The van der Waals surface area contributed by atoms with Gasteiger partial charge in [0.15, 0.2) is 5.11 Å². The molecule has 0 aliphatic carbocycles. The van der Waals surface area contributed by atoms with Gasteiger partial charge in [0.25, 0.3) is 0 Å². The molecule has 1 aromatic rings. The molecule has 0 saturated heterocycles. The van der Waals surface area contributed by atoms with Gasteiger partial charge in [0.1, 0.15) is 0 Å². The number of hydrogen-bond donors (Lipinski definition) is 2. The maximum atomic E-state index is 10.3. The van der Waals surface area contributed by atoms with E-state index < -0.39 is 6.03 Å². The van der Waals surface area contributed by atoms with E-state index in [0.29, 0.717) is 0 Å². The highest BCUT2D eigenvalue weighted by molar-refractivity contribution is 7.80. The number of nitrogens with two attached hydrogens (primary N) is 1. The van der Waals surface area contributed by atoms with Gasteiger partial charge in [-0.2, -0.15) is 0 Å². The van der Waals surface area contributed by atoms with Crippen molar-refractivity contribution in [1.29, 1.82) is 0 Å². The summed E-state index contributed by atoms with van der Waals surface area (Å²) >= 11 is 4.80. The number of amides is 2. The topological polar surface area (TPSA) is 60.1 Å². The van der Waals surface area contributed by atoms with Crippen LogP contribution in [-0.4, -0.2) is 15.7 Å². The van der Waals surface area contributed by atoms with Gasteiger partial charge in [-0.3, -0.25) is 5.32 Å². The van der Waals surface area contributed by atoms with E-state index in [1.54, 1.807) is 29.1 Å². The number of urea groups is 1. The third-order valence-electron chi connectivity index (χ3n) is 1.07. The van der Waals surface area contributed by atoms with E-state index in [4.69, 9.17) is 18.0 Å². The van der Waals surface area contributed by atoms with Gasteiger partial charge in [-0.25, -0.2) is 4.79 Å². The molecule has 0 unspecified atom stereocenters. The van der Waals surface area contributed by atoms with Gasteiger partial charge in [0.2, 0.25) is 0 Å². The van der Waals surface area contributed by atoms with Crippen molar-refractivity contribution in [1.82, 2.24) is 9.88 Å². The van der Waals surface area contributed by atoms with Gasteiger partial charge in [-0.15, -0.1) is 0 Å². The molecule has 11 heavy (non-hydrogen) atoms. The van der Waals surface area contributed by atoms with Crippen LogP contribution in [-0.2, 0) is 0 Å². The zero-order valence-corrected chi connectivity index (χ0v) is 6.47. The van der Waals surface area contributed by atoms with E-state index in [1.165, 1.54) is 0 Å². The van der Waals surface area contributed by atoms with Crippen molar-refractivity contribution in [2.75, 3.05) is 0 Å². The highest BCUT2D eigenvalue weighted by atomic mass is 32.1. The molecule has 5 heteroatoms. The van der Waals surface area contributed by atoms with E-state index in [9.17, 15) is 4.79 Å². The molecule has 0 bridgehead atoms. The predicted octanol–water partition coefficient (Wildman–Crippen LogP) is 0.289. The summed E-state index contributed by atoms with van der Waals surface area (Å²) in [5, 5.41) is 2.56. The highest BCUT2D eigenvalue weighted by Crippen LogP contribution is 1.88. The normalized spacial score (nSPS) is 9.09. The Labute approximate surface area is 69.0 Å². The van der Waals surface area contributed by atoms with Crippen LogP contribution in [0.2, 0.25) is 0 Å². The molecule has 0 fully saturated rings. The van der Waals surface area contributed by atoms with Gasteiger partial charge in [-0.1, -0.05) is 0 Å². The summed E-state index contributed by atoms with van der Waals surface area (Å²) in [7, 11) is 0. The molecule has 0 radical (unpaired) electrons. The zero-order valence-electron chi connectivity index (χ0n) is 5.65. The molecule has 3 N–H and O–H groups in total. The first-order valence-corrected chi connectivity index (χ1v) is 3.35. The van der Waals surface area contributed by atoms with Gasteiger partial charge >= 0.3 is 6.03 Å². The number of carbonyl (C=O) groups is 1. The number of primary amides is 1. The molecule has 1 aromatic heterocycles. The van der Waals surface area contributed by atoms with Gasteiger partial charge in [-0.05, 0) is 24.4 Å². The second kappa shape index (κ2) is 3.16. The summed E-state index contributed by atoms with van der Waals surface area (Å²) in [5.41, 5.74) is 4.85. The number of nitrogens with one attached hydrogen (secondary N) is 1. The molecule has 0 aliphatic rings. The van der Waals surface area contributed by atoms with Crippen molar-refractivity contribution in [3.05, 3.63) is 24.5 Å². The van der Waals surface area contributed by atoms with E-state index in [0.717, 1.165) is 0 Å². The van der Waals surface area contributed by atoms with E-state index in [1.807, 2.05) is 0 Å². The van der Waals surface area contributed by atoms with Crippen molar-refractivity contribution in [2.45, 2.75) is 0 Å². The lowest BCUT2D eigenvalue weighted by molar-refractivity contribution is 0.253. The summed E-state index contributed by atoms with van der Waals surface area (Å²) in [6, 6.07) is 2.95. The maximum Gasteiger partial charge on any atom is 0.318 e. The Hall–Kier alpha value is -1.36. The Morgan fingerprint density at radius 1 is 1.45 bits per heavy atom. The van der Waals surface area contributed by atoms with Crippen LogP contribution in [0.4, 0.5) is 4.79 Å². The first kappa shape index (κ1) is 7.74. The van der Waals surface area contributed by atoms with Crippen LogP contribution < -0.4 is 11.1 Å². The van der Waals surface area contributed by atoms with Crippen LogP contribution >= 0.6 is 12.2 Å². The second-order valence-electron chi connectivity index (χ2n) is 1.88. The Bertz CT molecular complexity index is 267. The van der Waals surface area contributed by atoms with Crippen LogP contribution in [0.5, 0.6) is 0 Å². The van der Waals surface area contributed by atoms with E-state index in [2.05, 4.69) is 5.32 Å². The fourth-order valence-electron chi connectivity index (χ4n) is 0.640. The van der Waals surface area contributed by atoms with E-state index >= 15 is 0 Å². The molecule has 1 heterocycles. The molecule has 4 nitrogen and oxygen atoms in total. The molecule has 0 spiro atoms. The molecule has 0 atom stereocenters. The third kappa shape index (κ3) is 2.05. The van der Waals surface area contributed by atoms with Crippen molar-refractivity contribution in [2.24, 2.45) is 5.73 Å². The average Bonchev–Trinajstić information content (AvgIpc) is 2.35. The minimum absolute atomic E-state index is 0.280. The Morgan fingerprint density at radius 2 is 2.00 bits per heavy atom. The van der Waals surface area contributed by atoms with Crippen LogP contribution in [0.3, 0.4) is 0 Å². The number of rotatable bonds is 0. The van der Waals surface area contributed by atoms with Crippen molar-refractivity contribution < 1.29 is 4.79 Å². The van der Waals surface area contributed by atoms with Crippen molar-refractivity contribution in [3.8, 4) is 0 Å². The summed E-state index contributed by atoms with van der Waals surface area (Å²) in [6.45, 7) is 0. The molecular weight excluding hydrogens is 162 g/mol. The smallest absolute Gasteiger partial charge is 0.318 e. The lowest BCUT2D eigenvalue weighted by atomic mass is 10.7. The summed E-state index contributed by atoms with van der Waals surface area (Å²) in [6.07, 6.45) is 3.44. The molecule has 2 amide bonds. The number of nitrogens with zero attached hydrogens (tertiary/aromatic N) is 1. The monoisotopic (exact) mass is 169 g/mol. The number of carbonyl (C=O) groups excluding carboxylic acids is 1. The lowest BCUT2D eigenvalue weighted by Gasteiger charge is -2.03. The SMILES string of the molecule is NC(=O)NC(=S)n1cccc1. The second-order valence-corrected chi connectivity index (χ2v) is 2.27. The Balaban J connectivity index is 2.64. The van der Waals surface area contributed by atoms with Crippen molar-refractivity contribution in [3.63, 3.8) is 0 Å². The molecule has 1 rings (SSSR count). The number of aromatic nitrogens is 1. The highest BCUT2D eigenvalue weighted by Gasteiger charge is 1.98. The Morgan fingerprint density at radius 3 is 2.45 bits per heavy atom. The van der Waals surface area contributed by atoms with Gasteiger partial charge in [0, 0.05) is 12.4 Å². The molecular formula is C6H7N3OS. The summed E-state index contributed by atoms with van der Waals surface area (Å²) in [4.78, 5) is 10.3. The first-order valence-electron chi connectivity index (χ1n) is 2.94. The summed E-state index contributed by atoms with van der Waals surface area (Å²) < 4.78 is 1.58. The molecule has 0 saturated carbocycles. The average molecular weight is 169 g/mol.